The third-order valence-corrected chi connectivity index (χ3v) is 3.13. The molecule has 0 radical (unpaired) electrons. The highest BCUT2D eigenvalue weighted by atomic mass is 35.5. The summed E-state index contributed by atoms with van der Waals surface area (Å²) in [5.41, 5.74) is 7.03. The molecule has 0 bridgehead atoms. The molecule has 4 nitrogen and oxygen atoms in total. The molecule has 5 heteroatoms. The number of anilines is 1. The number of nitrogens with two attached hydrogens (primary N) is 1. The van der Waals surface area contributed by atoms with Gasteiger partial charge in [-0.2, -0.15) is 0 Å². The van der Waals surface area contributed by atoms with Crippen molar-refractivity contribution in [3.63, 3.8) is 0 Å². The lowest BCUT2D eigenvalue weighted by molar-refractivity contribution is 0.0636. The number of hydrogen-bond donors (Lipinski definition) is 2. The number of benzene rings is 1. The van der Waals surface area contributed by atoms with Gasteiger partial charge >= 0.3 is 6.09 Å². The maximum atomic E-state index is 11.8. The fraction of sp³-hybridized carbons (Fsp3) is 0.500. The lowest BCUT2D eigenvalue weighted by Crippen LogP contribution is -2.27. The van der Waals surface area contributed by atoms with Crippen LogP contribution >= 0.6 is 11.6 Å². The summed E-state index contributed by atoms with van der Waals surface area (Å²) in [6.07, 6.45) is 0.454. The number of carbonyl (C=O) groups is 1. The Morgan fingerprint density at radius 1 is 1.47 bits per heavy atom. The summed E-state index contributed by atoms with van der Waals surface area (Å²) >= 11 is 5.97. The highest BCUT2D eigenvalue weighted by molar-refractivity contribution is 6.31. The van der Waals surface area contributed by atoms with E-state index in [1.165, 1.54) is 0 Å². The van der Waals surface area contributed by atoms with E-state index in [2.05, 4.69) is 5.32 Å². The van der Waals surface area contributed by atoms with Crippen molar-refractivity contribution in [1.29, 1.82) is 0 Å². The van der Waals surface area contributed by atoms with E-state index < -0.39 is 11.7 Å². The Morgan fingerprint density at radius 2 is 2.11 bits per heavy atom. The molecule has 0 saturated heterocycles. The van der Waals surface area contributed by atoms with Gasteiger partial charge in [-0.15, -0.1) is 0 Å². The third-order valence-electron chi connectivity index (χ3n) is 2.89. The number of carbonyl (C=O) groups excluding carboxylic acids is 1. The van der Waals surface area contributed by atoms with E-state index in [0.29, 0.717) is 16.6 Å². The Kier molecular flexibility index (Phi) is 3.74. The molecule has 0 heterocycles. The zero-order chi connectivity index (χ0) is 14.2. The van der Waals surface area contributed by atoms with Gasteiger partial charge in [0.2, 0.25) is 0 Å². The molecule has 19 heavy (non-hydrogen) atoms. The first-order valence-corrected chi connectivity index (χ1v) is 6.69. The van der Waals surface area contributed by atoms with E-state index in [1.807, 2.05) is 32.9 Å². The molecule has 0 unspecified atom stereocenters. The number of amides is 1. The lowest BCUT2D eigenvalue weighted by atomic mass is 10.1. The number of rotatable bonds is 2. The van der Waals surface area contributed by atoms with Crippen LogP contribution in [0.15, 0.2) is 18.2 Å². The van der Waals surface area contributed by atoms with Gasteiger partial charge < -0.3 is 10.5 Å². The van der Waals surface area contributed by atoms with E-state index in [4.69, 9.17) is 22.1 Å². The van der Waals surface area contributed by atoms with Crippen molar-refractivity contribution in [1.82, 2.24) is 0 Å². The highest BCUT2D eigenvalue weighted by Gasteiger charge is 2.36. The minimum atomic E-state index is -0.529. The molecule has 2 rings (SSSR count). The molecule has 1 aromatic rings. The Balaban J connectivity index is 2.15. The topological polar surface area (TPSA) is 64.3 Å². The van der Waals surface area contributed by atoms with Crippen molar-refractivity contribution in [2.45, 2.75) is 44.8 Å². The largest absolute Gasteiger partial charge is 0.444 e. The minimum absolute atomic E-state index is 0.167. The second-order valence-corrected chi connectivity index (χ2v) is 6.30. The molecule has 104 valence electrons. The van der Waals surface area contributed by atoms with Gasteiger partial charge in [-0.3, -0.25) is 5.32 Å². The SMILES string of the molecule is CC(C)(C)OC(=O)Nc1cc(Cl)ccc1[C@@H]1C[C@H]1N. The molecule has 0 aliphatic heterocycles. The van der Waals surface area contributed by atoms with E-state index >= 15 is 0 Å². The first-order chi connectivity index (χ1) is 8.76. The van der Waals surface area contributed by atoms with Crippen LogP contribution in [0.2, 0.25) is 5.02 Å². The molecule has 1 aromatic carbocycles. The van der Waals surface area contributed by atoms with Crippen LogP contribution in [-0.4, -0.2) is 17.7 Å². The predicted octanol–water partition coefficient (Wildman–Crippen LogP) is 3.50. The van der Waals surface area contributed by atoms with Gasteiger partial charge in [0.05, 0.1) is 0 Å². The summed E-state index contributed by atoms with van der Waals surface area (Å²) in [7, 11) is 0. The molecular formula is C14H19ClN2O2. The van der Waals surface area contributed by atoms with Gasteiger partial charge in [0.15, 0.2) is 0 Å². The molecule has 1 aliphatic rings. The summed E-state index contributed by atoms with van der Waals surface area (Å²) in [5.74, 6) is 0.294. The maximum absolute atomic E-state index is 11.8. The van der Waals surface area contributed by atoms with Crippen LogP contribution in [0.25, 0.3) is 0 Å². The second kappa shape index (κ2) is 5.02. The zero-order valence-electron chi connectivity index (χ0n) is 11.4. The standard InChI is InChI=1S/C14H19ClN2O2/c1-14(2,3)19-13(18)17-12-6-8(15)4-5-9(12)10-7-11(10)16/h4-6,10-11H,7,16H2,1-3H3,(H,17,18)/t10-,11+/m0/s1. The van der Waals surface area contributed by atoms with Gasteiger partial charge in [0, 0.05) is 22.7 Å². The van der Waals surface area contributed by atoms with E-state index in [1.54, 1.807) is 6.07 Å². The molecule has 1 aliphatic carbocycles. The average Bonchev–Trinajstić information content (AvgIpc) is 2.92. The van der Waals surface area contributed by atoms with Gasteiger partial charge in [-0.1, -0.05) is 17.7 Å². The van der Waals surface area contributed by atoms with Crippen LogP contribution in [0.5, 0.6) is 0 Å². The Labute approximate surface area is 118 Å². The summed E-state index contributed by atoms with van der Waals surface area (Å²) in [6.45, 7) is 5.47. The molecule has 0 spiro atoms. The Bertz CT molecular complexity index is 497. The summed E-state index contributed by atoms with van der Waals surface area (Å²) in [6, 6.07) is 5.61. The van der Waals surface area contributed by atoms with Crippen LogP contribution in [-0.2, 0) is 4.74 Å². The summed E-state index contributed by atoms with van der Waals surface area (Å²) in [4.78, 5) is 11.8. The van der Waals surface area contributed by atoms with Crippen molar-refractivity contribution in [2.75, 3.05) is 5.32 Å². The van der Waals surface area contributed by atoms with Crippen molar-refractivity contribution in [3.05, 3.63) is 28.8 Å². The molecule has 3 N–H and O–H groups in total. The fourth-order valence-corrected chi connectivity index (χ4v) is 2.12. The summed E-state index contributed by atoms with van der Waals surface area (Å²) < 4.78 is 5.24. The third kappa shape index (κ3) is 3.85. The Morgan fingerprint density at radius 3 is 2.63 bits per heavy atom. The predicted molar refractivity (Wildman–Crippen MR) is 76.6 cm³/mol. The quantitative estimate of drug-likeness (QED) is 0.872. The van der Waals surface area contributed by atoms with Gasteiger partial charge in [-0.05, 0) is 44.9 Å². The maximum Gasteiger partial charge on any atom is 0.412 e. The van der Waals surface area contributed by atoms with E-state index in [0.717, 1.165) is 12.0 Å². The van der Waals surface area contributed by atoms with Crippen LogP contribution < -0.4 is 11.1 Å². The molecule has 2 atom stereocenters. The minimum Gasteiger partial charge on any atom is -0.444 e. The van der Waals surface area contributed by atoms with Crippen LogP contribution in [0.4, 0.5) is 10.5 Å². The molecule has 1 saturated carbocycles. The second-order valence-electron chi connectivity index (χ2n) is 5.86. The first-order valence-electron chi connectivity index (χ1n) is 6.31. The summed E-state index contributed by atoms with van der Waals surface area (Å²) in [5, 5.41) is 3.32. The average molecular weight is 283 g/mol. The molecule has 1 fully saturated rings. The van der Waals surface area contributed by atoms with E-state index in [9.17, 15) is 4.79 Å². The van der Waals surface area contributed by atoms with Crippen LogP contribution in [0, 0.1) is 0 Å². The number of halogens is 1. The van der Waals surface area contributed by atoms with Crippen LogP contribution in [0.1, 0.15) is 38.7 Å². The van der Waals surface area contributed by atoms with Crippen molar-refractivity contribution < 1.29 is 9.53 Å². The smallest absolute Gasteiger partial charge is 0.412 e. The van der Waals surface area contributed by atoms with Crippen molar-refractivity contribution in [2.24, 2.45) is 5.73 Å². The zero-order valence-corrected chi connectivity index (χ0v) is 12.1. The molecular weight excluding hydrogens is 264 g/mol. The van der Waals surface area contributed by atoms with Gasteiger partial charge in [0.1, 0.15) is 5.60 Å². The molecule has 0 aromatic heterocycles. The van der Waals surface area contributed by atoms with Crippen LogP contribution in [0.3, 0.4) is 0 Å². The van der Waals surface area contributed by atoms with Gasteiger partial charge in [-0.25, -0.2) is 4.79 Å². The van der Waals surface area contributed by atoms with Crippen molar-refractivity contribution >= 4 is 23.4 Å². The van der Waals surface area contributed by atoms with Crippen molar-refractivity contribution in [3.8, 4) is 0 Å². The lowest BCUT2D eigenvalue weighted by Gasteiger charge is -2.20. The van der Waals surface area contributed by atoms with Gasteiger partial charge in [0.25, 0.3) is 0 Å². The van der Waals surface area contributed by atoms with E-state index in [-0.39, 0.29) is 6.04 Å². The highest BCUT2D eigenvalue weighted by Crippen LogP contribution is 2.43. The number of ether oxygens (including phenoxy) is 1. The number of nitrogens with one attached hydrogen (secondary N) is 1. The number of hydrogen-bond acceptors (Lipinski definition) is 3. The monoisotopic (exact) mass is 282 g/mol. The fourth-order valence-electron chi connectivity index (χ4n) is 1.95. The first kappa shape index (κ1) is 14.2. The molecule has 1 amide bonds. The Hall–Kier alpha value is -1.26. The normalized spacial score (nSPS) is 21.9.